The molecule has 0 saturated heterocycles. The molecule has 0 spiro atoms. The summed E-state index contributed by atoms with van der Waals surface area (Å²) >= 11 is 0. The molecule has 0 saturated carbocycles. The second-order valence-electron chi connectivity index (χ2n) is 4.15. The third-order valence-electron chi connectivity index (χ3n) is 2.38. The fourth-order valence-corrected chi connectivity index (χ4v) is 1.91. The summed E-state index contributed by atoms with van der Waals surface area (Å²) in [5, 5.41) is 19.3. The Bertz CT molecular complexity index is 698. The number of nitrogens with zero attached hydrogens (tertiary/aromatic N) is 1. The van der Waals surface area contributed by atoms with Crippen LogP contribution in [0.3, 0.4) is 0 Å². The van der Waals surface area contributed by atoms with Crippen LogP contribution in [0.1, 0.15) is 11.3 Å². The zero-order chi connectivity index (χ0) is 15.3. The van der Waals surface area contributed by atoms with Gasteiger partial charge < -0.3 is 10.3 Å². The first kappa shape index (κ1) is 15.9. The minimum absolute atomic E-state index is 0.00407. The number of rotatable bonds is 1. The van der Waals surface area contributed by atoms with Gasteiger partial charge >= 0.3 is 0 Å². The Morgan fingerprint density at radius 3 is 2.20 bits per heavy atom. The SMILES string of the molecule is Cc1ccc(O)c[n+]1[O-].Cc1cccc(S(=O)(=O)O)c1. The summed E-state index contributed by atoms with van der Waals surface area (Å²) in [6.07, 6.45) is 1.12. The van der Waals surface area contributed by atoms with Gasteiger partial charge in [-0.2, -0.15) is 13.1 Å². The largest absolute Gasteiger partial charge is 0.618 e. The number of hydrogen-bond donors (Lipinski definition) is 2. The Morgan fingerprint density at radius 2 is 1.80 bits per heavy atom. The van der Waals surface area contributed by atoms with E-state index in [2.05, 4.69) is 0 Å². The van der Waals surface area contributed by atoms with Crippen molar-refractivity contribution in [2.24, 2.45) is 0 Å². The van der Waals surface area contributed by atoms with Crippen molar-refractivity contribution in [3.05, 3.63) is 59.1 Å². The van der Waals surface area contributed by atoms with Crippen LogP contribution in [0.25, 0.3) is 0 Å². The molecule has 0 aliphatic heterocycles. The molecule has 6 nitrogen and oxygen atoms in total. The second kappa shape index (κ2) is 6.36. The van der Waals surface area contributed by atoms with Gasteiger partial charge in [-0.15, -0.1) is 0 Å². The van der Waals surface area contributed by atoms with E-state index in [-0.39, 0.29) is 10.6 Å². The fourth-order valence-electron chi connectivity index (χ4n) is 1.32. The van der Waals surface area contributed by atoms with Gasteiger partial charge in [-0.1, -0.05) is 12.1 Å². The molecule has 2 aromatic rings. The Hall–Kier alpha value is -2.12. The van der Waals surface area contributed by atoms with Crippen molar-refractivity contribution in [3.63, 3.8) is 0 Å². The molecule has 0 fully saturated rings. The highest BCUT2D eigenvalue weighted by atomic mass is 32.2. The molecule has 0 bridgehead atoms. The van der Waals surface area contributed by atoms with Gasteiger partial charge in [0.1, 0.15) is 0 Å². The monoisotopic (exact) mass is 297 g/mol. The molecule has 1 heterocycles. The summed E-state index contributed by atoms with van der Waals surface area (Å²) in [6, 6.07) is 9.14. The summed E-state index contributed by atoms with van der Waals surface area (Å²) in [6.45, 7) is 3.43. The van der Waals surface area contributed by atoms with Gasteiger partial charge in [-0.3, -0.25) is 4.55 Å². The normalized spacial score (nSPS) is 10.6. The van der Waals surface area contributed by atoms with E-state index in [1.807, 2.05) is 0 Å². The molecule has 108 valence electrons. The van der Waals surface area contributed by atoms with Crippen LogP contribution >= 0.6 is 0 Å². The second-order valence-corrected chi connectivity index (χ2v) is 5.57. The highest BCUT2D eigenvalue weighted by molar-refractivity contribution is 7.85. The summed E-state index contributed by atoms with van der Waals surface area (Å²) in [7, 11) is -4.03. The van der Waals surface area contributed by atoms with Gasteiger partial charge in [-0.05, 0) is 30.7 Å². The van der Waals surface area contributed by atoms with Crippen molar-refractivity contribution in [3.8, 4) is 5.75 Å². The van der Waals surface area contributed by atoms with Crippen LogP contribution in [0.4, 0.5) is 0 Å². The lowest BCUT2D eigenvalue weighted by Gasteiger charge is -1.97. The minimum Gasteiger partial charge on any atom is -0.618 e. The molecule has 7 heteroatoms. The van der Waals surface area contributed by atoms with E-state index in [1.54, 1.807) is 32.0 Å². The number of hydrogen-bond acceptors (Lipinski definition) is 4. The Morgan fingerprint density at radius 1 is 1.15 bits per heavy atom. The predicted molar refractivity (Wildman–Crippen MR) is 72.8 cm³/mol. The van der Waals surface area contributed by atoms with Crippen molar-refractivity contribution in [2.45, 2.75) is 18.7 Å². The molecule has 0 atom stereocenters. The molecule has 2 N–H and O–H groups in total. The van der Waals surface area contributed by atoms with E-state index >= 15 is 0 Å². The maximum atomic E-state index is 10.6. The average Bonchev–Trinajstić information content (AvgIpc) is 2.34. The highest BCUT2D eigenvalue weighted by Gasteiger charge is 2.07. The zero-order valence-corrected chi connectivity index (χ0v) is 11.8. The van der Waals surface area contributed by atoms with Crippen molar-refractivity contribution in [2.75, 3.05) is 0 Å². The van der Waals surface area contributed by atoms with Crippen LogP contribution in [-0.2, 0) is 10.1 Å². The summed E-state index contributed by atoms with van der Waals surface area (Å²) in [5.41, 5.74) is 1.38. The van der Waals surface area contributed by atoms with E-state index in [4.69, 9.17) is 9.66 Å². The van der Waals surface area contributed by atoms with E-state index in [9.17, 15) is 13.6 Å². The maximum Gasteiger partial charge on any atom is 0.294 e. The minimum atomic E-state index is -4.03. The van der Waals surface area contributed by atoms with Crippen molar-refractivity contribution < 1.29 is 22.8 Å². The van der Waals surface area contributed by atoms with Gasteiger partial charge in [0.15, 0.2) is 11.4 Å². The summed E-state index contributed by atoms with van der Waals surface area (Å²) < 4.78 is 30.3. The van der Waals surface area contributed by atoms with Crippen LogP contribution in [-0.4, -0.2) is 18.1 Å². The van der Waals surface area contributed by atoms with E-state index in [0.717, 1.165) is 11.8 Å². The van der Waals surface area contributed by atoms with Gasteiger partial charge in [0.25, 0.3) is 10.1 Å². The number of pyridine rings is 1. The van der Waals surface area contributed by atoms with Crippen LogP contribution in [0.2, 0.25) is 0 Å². The predicted octanol–water partition coefficient (Wildman–Crippen LogP) is 1.58. The van der Waals surface area contributed by atoms with Gasteiger partial charge in [0, 0.05) is 13.0 Å². The molecule has 0 unspecified atom stereocenters. The number of aryl methyl sites for hydroxylation is 2. The van der Waals surface area contributed by atoms with Crippen molar-refractivity contribution in [1.82, 2.24) is 0 Å². The van der Waals surface area contributed by atoms with Gasteiger partial charge in [-0.25, -0.2) is 0 Å². The topological polar surface area (TPSA) is 102 Å². The first-order valence-corrected chi connectivity index (χ1v) is 7.07. The average molecular weight is 297 g/mol. The molecular formula is C13H15NO5S. The third-order valence-corrected chi connectivity index (χ3v) is 3.23. The molecule has 20 heavy (non-hydrogen) atoms. The highest BCUT2D eigenvalue weighted by Crippen LogP contribution is 2.09. The lowest BCUT2D eigenvalue weighted by atomic mass is 10.2. The zero-order valence-electron chi connectivity index (χ0n) is 11.0. The number of aromatic hydroxyl groups is 1. The third kappa shape index (κ3) is 4.87. The summed E-state index contributed by atoms with van der Waals surface area (Å²) in [4.78, 5) is -0.0579. The fraction of sp³-hybridized carbons (Fsp3) is 0.154. The van der Waals surface area contributed by atoms with Crippen LogP contribution in [0.15, 0.2) is 47.5 Å². The lowest BCUT2D eigenvalue weighted by molar-refractivity contribution is -0.612. The van der Waals surface area contributed by atoms with E-state index < -0.39 is 10.1 Å². The summed E-state index contributed by atoms with van der Waals surface area (Å²) in [5.74, 6) is -0.00407. The van der Waals surface area contributed by atoms with Crippen LogP contribution in [0, 0.1) is 19.1 Å². The maximum absolute atomic E-state index is 10.6. The molecule has 0 aliphatic carbocycles. The first-order valence-electron chi connectivity index (χ1n) is 5.63. The van der Waals surface area contributed by atoms with Crippen LogP contribution in [0.5, 0.6) is 5.75 Å². The van der Waals surface area contributed by atoms with Crippen molar-refractivity contribution >= 4 is 10.1 Å². The Kier molecular flexibility index (Phi) is 5.06. The smallest absolute Gasteiger partial charge is 0.294 e. The van der Waals surface area contributed by atoms with Crippen LogP contribution < -0.4 is 4.73 Å². The van der Waals surface area contributed by atoms with Gasteiger partial charge in [0.2, 0.25) is 6.20 Å². The van der Waals surface area contributed by atoms with Gasteiger partial charge in [0.05, 0.1) is 4.90 Å². The first-order chi connectivity index (χ1) is 9.20. The molecule has 1 aromatic heterocycles. The number of benzene rings is 1. The molecule has 0 aliphatic rings. The van der Waals surface area contributed by atoms with E-state index in [0.29, 0.717) is 10.4 Å². The van der Waals surface area contributed by atoms with E-state index in [1.165, 1.54) is 18.2 Å². The Labute approximate surface area is 117 Å². The number of aromatic nitrogens is 1. The Balaban J connectivity index is 0.000000204. The lowest BCUT2D eigenvalue weighted by Crippen LogP contribution is -2.28. The molecular weight excluding hydrogens is 282 g/mol. The molecule has 1 aromatic carbocycles. The molecule has 2 rings (SSSR count). The van der Waals surface area contributed by atoms with Crippen molar-refractivity contribution in [1.29, 1.82) is 0 Å². The quantitative estimate of drug-likeness (QED) is 0.472. The standard InChI is InChI=1S/C7H8O3S.C6H7NO2/c1-6-3-2-4-7(5-6)11(8,9)10;1-5-2-3-6(8)4-7(5)9/h2-5H,1H3,(H,8,9,10);2-4,8H,1H3. The molecule has 0 amide bonds. The molecule has 0 radical (unpaired) electrons.